The third-order valence-electron chi connectivity index (χ3n) is 6.73. The first-order chi connectivity index (χ1) is 16.0. The Balaban J connectivity index is 1.07. The van der Waals surface area contributed by atoms with Crippen molar-refractivity contribution in [2.24, 2.45) is 7.05 Å². The SMILES string of the molecule is Cn1ccc(S(=O)(=O)N2CCC(N3CC(n4cc(-c5ncnc6[nH]ccc56)cn4)C3)CC2)n1. The van der Waals surface area contributed by atoms with Gasteiger partial charge in [0.2, 0.25) is 0 Å². The molecule has 0 radical (unpaired) electrons. The molecule has 11 nitrogen and oxygen atoms in total. The Labute approximate surface area is 191 Å². The molecule has 2 fully saturated rings. The Hall–Kier alpha value is -3.09. The molecule has 4 aromatic rings. The van der Waals surface area contributed by atoms with E-state index in [1.54, 1.807) is 29.9 Å². The van der Waals surface area contributed by atoms with Crippen LogP contribution in [-0.4, -0.2) is 84.4 Å². The molecular weight excluding hydrogens is 442 g/mol. The van der Waals surface area contributed by atoms with Gasteiger partial charge in [0, 0.05) is 68.8 Å². The largest absolute Gasteiger partial charge is 0.346 e. The number of likely N-dealkylation sites (tertiary alicyclic amines) is 1. The molecule has 0 saturated carbocycles. The highest BCUT2D eigenvalue weighted by Gasteiger charge is 2.38. The van der Waals surface area contributed by atoms with Crippen molar-refractivity contribution in [1.82, 2.24) is 43.7 Å². The number of aromatic nitrogens is 7. The smallest absolute Gasteiger partial charge is 0.262 e. The van der Waals surface area contributed by atoms with E-state index in [-0.39, 0.29) is 5.03 Å². The molecule has 33 heavy (non-hydrogen) atoms. The Morgan fingerprint density at radius 1 is 1.09 bits per heavy atom. The number of aromatic amines is 1. The number of nitrogens with zero attached hydrogens (tertiary/aromatic N) is 8. The highest BCUT2D eigenvalue weighted by Crippen LogP contribution is 2.31. The molecule has 2 aliphatic rings. The maximum atomic E-state index is 12.8. The van der Waals surface area contributed by atoms with E-state index in [1.165, 1.54) is 4.68 Å². The fourth-order valence-corrected chi connectivity index (χ4v) is 6.25. The van der Waals surface area contributed by atoms with Crippen molar-refractivity contribution < 1.29 is 8.42 Å². The minimum Gasteiger partial charge on any atom is -0.346 e. The molecule has 0 atom stereocenters. The quantitative estimate of drug-likeness (QED) is 0.470. The van der Waals surface area contributed by atoms with Crippen LogP contribution in [0.3, 0.4) is 0 Å². The lowest BCUT2D eigenvalue weighted by Gasteiger charge is -2.46. The lowest BCUT2D eigenvalue weighted by atomic mass is 9.98. The molecule has 6 rings (SSSR count). The summed E-state index contributed by atoms with van der Waals surface area (Å²) >= 11 is 0. The van der Waals surface area contributed by atoms with Gasteiger partial charge in [-0.3, -0.25) is 14.3 Å². The van der Waals surface area contributed by atoms with E-state index in [0.717, 1.165) is 48.2 Å². The standard InChI is InChI=1S/C21H25N9O2S/c1-27-7-5-19(26-27)33(31,32)29-8-3-16(4-9-29)28-12-17(13-28)30-11-15(10-25-30)20-18-2-6-22-21(18)24-14-23-20/h2,5-7,10-11,14,16-17H,3-4,8-9,12-13H2,1H3,(H,22,23,24). The van der Waals surface area contributed by atoms with Gasteiger partial charge in [-0.1, -0.05) is 0 Å². The van der Waals surface area contributed by atoms with Crippen LogP contribution in [0.1, 0.15) is 18.9 Å². The number of sulfonamides is 1. The minimum absolute atomic E-state index is 0.127. The molecule has 12 heteroatoms. The second-order valence-corrected chi connectivity index (χ2v) is 10.6. The summed E-state index contributed by atoms with van der Waals surface area (Å²) in [6.45, 7) is 2.89. The van der Waals surface area contributed by atoms with Crippen LogP contribution in [0.5, 0.6) is 0 Å². The lowest BCUT2D eigenvalue weighted by molar-refractivity contribution is 0.0308. The molecule has 6 heterocycles. The number of fused-ring (bicyclic) bond motifs is 1. The maximum absolute atomic E-state index is 12.8. The van der Waals surface area contributed by atoms with Crippen molar-refractivity contribution >= 4 is 21.1 Å². The van der Waals surface area contributed by atoms with E-state index < -0.39 is 10.0 Å². The summed E-state index contributed by atoms with van der Waals surface area (Å²) in [6, 6.07) is 4.25. The topological polar surface area (TPSA) is 118 Å². The number of rotatable bonds is 5. The first-order valence-corrected chi connectivity index (χ1v) is 12.5. The van der Waals surface area contributed by atoms with Gasteiger partial charge in [0.15, 0.2) is 5.03 Å². The van der Waals surface area contributed by atoms with Crippen molar-refractivity contribution in [1.29, 1.82) is 0 Å². The monoisotopic (exact) mass is 467 g/mol. The number of nitrogens with one attached hydrogen (secondary N) is 1. The third kappa shape index (κ3) is 3.54. The molecule has 2 saturated heterocycles. The van der Waals surface area contributed by atoms with Crippen LogP contribution in [0.25, 0.3) is 22.3 Å². The Bertz CT molecular complexity index is 1390. The van der Waals surface area contributed by atoms with E-state index in [4.69, 9.17) is 0 Å². The zero-order valence-electron chi connectivity index (χ0n) is 18.2. The third-order valence-corrected chi connectivity index (χ3v) is 8.52. The van der Waals surface area contributed by atoms with E-state index in [0.29, 0.717) is 25.2 Å². The van der Waals surface area contributed by atoms with E-state index in [2.05, 4.69) is 36.2 Å². The number of piperidine rings is 1. The lowest BCUT2D eigenvalue weighted by Crippen LogP contribution is -2.56. The van der Waals surface area contributed by atoms with Gasteiger partial charge < -0.3 is 4.98 Å². The normalized spacial score (nSPS) is 19.3. The second kappa shape index (κ2) is 7.75. The summed E-state index contributed by atoms with van der Waals surface area (Å²) in [5.41, 5.74) is 2.68. The second-order valence-electron chi connectivity index (χ2n) is 8.74. The van der Waals surface area contributed by atoms with Crippen molar-refractivity contribution in [2.75, 3.05) is 26.2 Å². The van der Waals surface area contributed by atoms with Crippen LogP contribution < -0.4 is 0 Å². The van der Waals surface area contributed by atoms with Crippen LogP contribution in [0.15, 0.2) is 48.3 Å². The van der Waals surface area contributed by atoms with Crippen LogP contribution in [0.4, 0.5) is 0 Å². The van der Waals surface area contributed by atoms with Crippen LogP contribution >= 0.6 is 0 Å². The number of hydrogen-bond acceptors (Lipinski definition) is 7. The average Bonchev–Trinajstić information content (AvgIpc) is 3.53. The Kier molecular flexibility index (Phi) is 4.82. The molecule has 0 bridgehead atoms. The molecule has 1 N–H and O–H groups in total. The summed E-state index contributed by atoms with van der Waals surface area (Å²) in [7, 11) is -1.79. The zero-order chi connectivity index (χ0) is 22.6. The van der Waals surface area contributed by atoms with Gasteiger partial charge in [0.25, 0.3) is 10.0 Å². The first-order valence-electron chi connectivity index (χ1n) is 11.1. The average molecular weight is 468 g/mol. The highest BCUT2D eigenvalue weighted by atomic mass is 32.2. The van der Waals surface area contributed by atoms with Crippen LogP contribution in [-0.2, 0) is 17.1 Å². The molecular formula is C21H25N9O2S. The van der Waals surface area contributed by atoms with E-state index in [9.17, 15) is 8.42 Å². The van der Waals surface area contributed by atoms with Crippen molar-refractivity contribution in [3.8, 4) is 11.3 Å². The number of H-pyrrole nitrogens is 1. The van der Waals surface area contributed by atoms with Crippen LogP contribution in [0, 0.1) is 0 Å². The molecule has 2 aliphatic heterocycles. The van der Waals surface area contributed by atoms with E-state index >= 15 is 0 Å². The van der Waals surface area contributed by atoms with Gasteiger partial charge in [0.05, 0.1) is 17.9 Å². The summed E-state index contributed by atoms with van der Waals surface area (Å²) in [5, 5.41) is 9.78. The summed E-state index contributed by atoms with van der Waals surface area (Å²) in [6.07, 6.45) is 10.7. The Morgan fingerprint density at radius 2 is 1.91 bits per heavy atom. The van der Waals surface area contributed by atoms with Gasteiger partial charge in [-0.25, -0.2) is 18.4 Å². The van der Waals surface area contributed by atoms with Gasteiger partial charge in [-0.05, 0) is 25.0 Å². The fraction of sp³-hybridized carbons (Fsp3) is 0.429. The molecule has 4 aromatic heterocycles. The van der Waals surface area contributed by atoms with Crippen molar-refractivity contribution in [3.63, 3.8) is 0 Å². The molecule has 0 aliphatic carbocycles. The van der Waals surface area contributed by atoms with E-state index in [1.807, 2.05) is 23.1 Å². The first kappa shape index (κ1) is 20.5. The Morgan fingerprint density at radius 3 is 2.67 bits per heavy atom. The van der Waals surface area contributed by atoms with Gasteiger partial charge in [0.1, 0.15) is 12.0 Å². The summed E-state index contributed by atoms with van der Waals surface area (Å²) < 4.78 is 30.7. The van der Waals surface area contributed by atoms with Gasteiger partial charge in [-0.2, -0.15) is 14.5 Å². The summed E-state index contributed by atoms with van der Waals surface area (Å²) in [4.78, 5) is 14.3. The van der Waals surface area contributed by atoms with Crippen LogP contribution in [0.2, 0.25) is 0 Å². The molecule has 0 unspecified atom stereocenters. The van der Waals surface area contributed by atoms with Crippen molar-refractivity contribution in [3.05, 3.63) is 43.2 Å². The molecule has 172 valence electrons. The highest BCUT2D eigenvalue weighted by molar-refractivity contribution is 7.89. The number of aryl methyl sites for hydroxylation is 1. The zero-order valence-corrected chi connectivity index (χ0v) is 19.1. The van der Waals surface area contributed by atoms with Gasteiger partial charge in [-0.15, -0.1) is 0 Å². The minimum atomic E-state index is -3.51. The van der Waals surface area contributed by atoms with Gasteiger partial charge >= 0.3 is 0 Å². The maximum Gasteiger partial charge on any atom is 0.262 e. The number of hydrogen-bond donors (Lipinski definition) is 1. The molecule has 0 aromatic carbocycles. The van der Waals surface area contributed by atoms with Crippen molar-refractivity contribution in [2.45, 2.75) is 30.0 Å². The predicted octanol–water partition coefficient (Wildman–Crippen LogP) is 1.26. The summed E-state index contributed by atoms with van der Waals surface area (Å²) in [5.74, 6) is 0. The fourth-order valence-electron chi connectivity index (χ4n) is 4.83. The molecule has 0 amide bonds. The predicted molar refractivity (Wildman–Crippen MR) is 121 cm³/mol. The molecule has 0 spiro atoms.